The summed E-state index contributed by atoms with van der Waals surface area (Å²) in [5.74, 6) is -1.98. The molecular weight excluding hydrogens is 491 g/mol. The SMILES string of the molecule is CC(C)(C)OC(=O)N1CCC([C@@H](NS(=O)(=O)c2ccc(-c3ccccc3)s2)C(=O)[O-])CC1.[K+]. The van der Waals surface area contributed by atoms with Crippen LogP contribution in [0.5, 0.6) is 0 Å². The molecule has 0 saturated carbocycles. The summed E-state index contributed by atoms with van der Waals surface area (Å²) in [6.07, 6.45) is 0.175. The Hall–Kier alpha value is -0.794. The first-order valence-corrected chi connectivity index (χ1v) is 12.6. The van der Waals surface area contributed by atoms with Gasteiger partial charge in [-0.1, -0.05) is 30.3 Å². The number of carbonyl (C=O) groups excluding carboxylic acids is 2. The number of benzene rings is 1. The summed E-state index contributed by atoms with van der Waals surface area (Å²) in [6, 6.07) is 11.1. The molecule has 0 bridgehead atoms. The quantitative estimate of drug-likeness (QED) is 0.514. The van der Waals surface area contributed by atoms with Crippen LogP contribution in [0.3, 0.4) is 0 Å². The van der Waals surface area contributed by atoms with E-state index in [9.17, 15) is 23.1 Å². The molecule has 2 heterocycles. The zero-order chi connectivity index (χ0) is 23.5. The maximum atomic E-state index is 12.9. The molecule has 11 heteroatoms. The zero-order valence-corrected chi connectivity index (χ0v) is 24.0. The number of carboxylic acids is 1. The van der Waals surface area contributed by atoms with E-state index in [-0.39, 0.29) is 68.7 Å². The molecule has 1 N–H and O–H groups in total. The van der Waals surface area contributed by atoms with E-state index in [0.29, 0.717) is 12.8 Å². The number of nitrogens with zero attached hydrogens (tertiary/aromatic N) is 1. The summed E-state index contributed by atoms with van der Waals surface area (Å²) in [4.78, 5) is 26.3. The Morgan fingerprint density at radius 2 is 1.73 bits per heavy atom. The van der Waals surface area contributed by atoms with Crippen molar-refractivity contribution in [2.24, 2.45) is 5.92 Å². The first-order valence-electron chi connectivity index (χ1n) is 10.3. The molecule has 8 nitrogen and oxygen atoms in total. The van der Waals surface area contributed by atoms with Gasteiger partial charge in [0.05, 0.1) is 12.0 Å². The molecule has 1 aromatic heterocycles. The summed E-state index contributed by atoms with van der Waals surface area (Å²) in [7, 11) is -4.05. The van der Waals surface area contributed by atoms with Crippen molar-refractivity contribution >= 4 is 33.4 Å². The molecule has 1 aliphatic rings. The maximum Gasteiger partial charge on any atom is 1.00 e. The smallest absolute Gasteiger partial charge is 0.548 e. The summed E-state index contributed by atoms with van der Waals surface area (Å²) in [6.45, 7) is 5.87. The van der Waals surface area contributed by atoms with E-state index in [1.807, 2.05) is 30.3 Å². The summed E-state index contributed by atoms with van der Waals surface area (Å²) < 4.78 is 33.5. The van der Waals surface area contributed by atoms with Crippen LogP contribution in [0.15, 0.2) is 46.7 Å². The second-order valence-corrected chi connectivity index (χ2v) is 11.7. The van der Waals surface area contributed by atoms with Gasteiger partial charge in [0.2, 0.25) is 0 Å². The van der Waals surface area contributed by atoms with Gasteiger partial charge in [-0.25, -0.2) is 17.9 Å². The van der Waals surface area contributed by atoms with Crippen LogP contribution < -0.4 is 61.2 Å². The number of nitrogens with one attached hydrogen (secondary N) is 1. The number of carboxylic acid groups (broad SMARTS) is 1. The third-order valence-corrected chi connectivity index (χ3v) is 8.17. The second kappa shape index (κ2) is 11.8. The molecule has 1 atom stereocenters. The standard InChI is InChI=1S/C22H28N2O6S2.K/c1-22(2,3)30-21(27)24-13-11-16(12-14-24)19(20(25)26)23-32(28,29)18-10-9-17(31-18)15-7-5-4-6-8-15;/h4-10,16,19,23H,11-14H2,1-3H3,(H,25,26);/q;+1/p-1/t19-;/m1./s1. The van der Waals surface area contributed by atoms with Crippen LogP contribution in [-0.4, -0.2) is 50.1 Å². The fraction of sp³-hybridized carbons (Fsp3) is 0.455. The number of hydrogen-bond donors (Lipinski definition) is 1. The number of likely N-dealkylation sites (tertiary alicyclic amines) is 1. The molecule has 0 radical (unpaired) electrons. The molecule has 1 aromatic carbocycles. The Labute approximate surface area is 241 Å². The minimum absolute atomic E-state index is 0. The number of thiophene rings is 1. The van der Waals surface area contributed by atoms with Crippen molar-refractivity contribution in [2.45, 2.75) is 49.5 Å². The van der Waals surface area contributed by atoms with Gasteiger partial charge in [-0.15, -0.1) is 11.3 Å². The topological polar surface area (TPSA) is 116 Å². The molecule has 174 valence electrons. The van der Waals surface area contributed by atoms with Crippen LogP contribution in [0.2, 0.25) is 0 Å². The Morgan fingerprint density at radius 3 is 2.27 bits per heavy atom. The van der Waals surface area contributed by atoms with Crippen LogP contribution in [0.4, 0.5) is 4.79 Å². The number of carbonyl (C=O) groups is 2. The first-order chi connectivity index (χ1) is 15.0. The average molecular weight is 519 g/mol. The van der Waals surface area contributed by atoms with Crippen molar-refractivity contribution < 1.29 is 79.2 Å². The first kappa shape index (κ1) is 28.4. The van der Waals surface area contributed by atoms with Gasteiger partial charge in [0.15, 0.2) is 0 Å². The second-order valence-electron chi connectivity index (χ2n) is 8.71. The van der Waals surface area contributed by atoms with E-state index >= 15 is 0 Å². The third-order valence-electron chi connectivity index (χ3n) is 5.10. The van der Waals surface area contributed by atoms with Gasteiger partial charge in [-0.3, -0.25) is 0 Å². The summed E-state index contributed by atoms with van der Waals surface area (Å²) in [5.41, 5.74) is 0.251. The van der Waals surface area contributed by atoms with Gasteiger partial charge >= 0.3 is 57.5 Å². The van der Waals surface area contributed by atoms with Crippen molar-refractivity contribution in [1.82, 2.24) is 9.62 Å². The van der Waals surface area contributed by atoms with Crippen molar-refractivity contribution in [3.05, 3.63) is 42.5 Å². The third kappa shape index (κ3) is 7.86. The van der Waals surface area contributed by atoms with Crippen molar-refractivity contribution in [3.63, 3.8) is 0 Å². The van der Waals surface area contributed by atoms with Crippen LogP contribution in [0, 0.1) is 5.92 Å². The summed E-state index contributed by atoms with van der Waals surface area (Å²) >= 11 is 1.07. The average Bonchev–Trinajstić information content (AvgIpc) is 3.23. The van der Waals surface area contributed by atoms with E-state index in [1.165, 1.54) is 11.0 Å². The molecule has 33 heavy (non-hydrogen) atoms. The molecule has 1 amide bonds. The molecule has 0 aliphatic carbocycles. The van der Waals surface area contributed by atoms with Gasteiger partial charge in [-0.05, 0) is 57.2 Å². The van der Waals surface area contributed by atoms with Gasteiger partial charge in [0.1, 0.15) is 9.81 Å². The molecule has 2 aromatic rings. The number of aliphatic carboxylic acids is 1. The number of ether oxygens (including phenoxy) is 1. The normalized spacial score (nSPS) is 16.0. The molecule has 1 aliphatic heterocycles. The van der Waals surface area contributed by atoms with Crippen LogP contribution in [-0.2, 0) is 19.6 Å². The van der Waals surface area contributed by atoms with E-state index in [2.05, 4.69) is 4.72 Å². The van der Waals surface area contributed by atoms with E-state index in [1.54, 1.807) is 26.8 Å². The van der Waals surface area contributed by atoms with Crippen LogP contribution in [0.1, 0.15) is 33.6 Å². The Bertz CT molecular complexity index is 1060. The minimum Gasteiger partial charge on any atom is -0.548 e. The van der Waals surface area contributed by atoms with Gasteiger partial charge < -0.3 is 19.5 Å². The van der Waals surface area contributed by atoms with Crippen molar-refractivity contribution in [2.75, 3.05) is 13.1 Å². The predicted octanol–water partition coefficient (Wildman–Crippen LogP) is -0.537. The maximum absolute atomic E-state index is 12.9. The molecule has 1 saturated heterocycles. The van der Waals surface area contributed by atoms with E-state index in [0.717, 1.165) is 21.8 Å². The van der Waals surface area contributed by atoms with Gasteiger partial charge in [0, 0.05) is 18.0 Å². The number of rotatable bonds is 6. The van der Waals surface area contributed by atoms with Crippen LogP contribution >= 0.6 is 11.3 Å². The van der Waals surface area contributed by atoms with Crippen molar-refractivity contribution in [1.29, 1.82) is 0 Å². The number of hydrogen-bond acceptors (Lipinski definition) is 7. The van der Waals surface area contributed by atoms with E-state index < -0.39 is 39.6 Å². The fourth-order valence-electron chi connectivity index (χ4n) is 3.53. The molecule has 3 rings (SSSR count). The Kier molecular flexibility index (Phi) is 10.1. The minimum atomic E-state index is -4.05. The molecule has 1 fully saturated rings. The van der Waals surface area contributed by atoms with Gasteiger partial charge in [0.25, 0.3) is 10.0 Å². The number of amides is 1. The van der Waals surface area contributed by atoms with E-state index in [4.69, 9.17) is 4.74 Å². The molecule has 0 unspecified atom stereocenters. The summed E-state index contributed by atoms with van der Waals surface area (Å²) in [5, 5.41) is 11.8. The fourth-order valence-corrected chi connectivity index (χ4v) is 6.11. The number of sulfonamides is 1. The predicted molar refractivity (Wildman–Crippen MR) is 119 cm³/mol. The molecular formula is C22H27KN2O6S2. The zero-order valence-electron chi connectivity index (χ0n) is 19.2. The van der Waals surface area contributed by atoms with Gasteiger partial charge in [-0.2, -0.15) is 0 Å². The largest absolute Gasteiger partial charge is 1.00 e. The van der Waals surface area contributed by atoms with Crippen molar-refractivity contribution in [3.8, 4) is 10.4 Å². The van der Waals surface area contributed by atoms with Crippen LogP contribution in [0.25, 0.3) is 10.4 Å². The molecule has 0 spiro atoms. The monoisotopic (exact) mass is 518 g/mol. The Balaban J connectivity index is 0.00000385. The Morgan fingerprint density at radius 1 is 1.12 bits per heavy atom. The number of piperidine rings is 1.